The van der Waals surface area contributed by atoms with Crippen LogP contribution in [0.5, 0.6) is 17.2 Å². The lowest BCUT2D eigenvalue weighted by molar-refractivity contribution is -0.137. The molecule has 222 valence electrons. The van der Waals surface area contributed by atoms with Crippen LogP contribution in [0.2, 0.25) is 0 Å². The second kappa shape index (κ2) is 15.8. The van der Waals surface area contributed by atoms with Crippen LogP contribution in [-0.2, 0) is 19.1 Å². The van der Waals surface area contributed by atoms with E-state index in [2.05, 4.69) is 10.6 Å². The lowest BCUT2D eigenvalue weighted by Crippen LogP contribution is -2.49. The molecule has 12 nitrogen and oxygen atoms in total. The zero-order valence-corrected chi connectivity index (χ0v) is 23.7. The smallest absolute Gasteiger partial charge is 0.497 e. The Morgan fingerprint density at radius 1 is 0.902 bits per heavy atom. The normalized spacial score (nSPS) is 11.7. The molecular weight excluding hydrogens is 536 g/mol. The summed E-state index contributed by atoms with van der Waals surface area (Å²) in [6.07, 6.45) is 1.44. The van der Waals surface area contributed by atoms with Gasteiger partial charge in [0.2, 0.25) is 5.91 Å². The van der Waals surface area contributed by atoms with Gasteiger partial charge in [-0.15, -0.1) is 0 Å². The number of nitrogens with one attached hydrogen (secondary N) is 2. The first-order valence-electron chi connectivity index (χ1n) is 12.7. The van der Waals surface area contributed by atoms with Gasteiger partial charge in [0.05, 0.1) is 20.8 Å². The summed E-state index contributed by atoms with van der Waals surface area (Å²) in [7, 11) is 3.16. The number of amides is 2. The first-order valence-corrected chi connectivity index (χ1v) is 12.7. The number of carbonyl (C=O) groups is 4. The number of carboxylic acid groups (broad SMARTS) is 1. The predicted octanol–water partition coefficient (Wildman–Crippen LogP) is 4.26. The van der Waals surface area contributed by atoms with E-state index >= 15 is 0 Å². The molecule has 0 fully saturated rings. The molecule has 41 heavy (non-hydrogen) atoms. The van der Waals surface area contributed by atoms with Gasteiger partial charge >= 0.3 is 18.2 Å². The SMILES string of the molecule is COc1cc(/C=C/c2ccc(OC(=O)OCCNC(=O)C(CCC(=O)O)NC(=O)OC(C)(C)C)cc2)cc(OC)c1. The number of ether oxygens (including phenoxy) is 5. The lowest BCUT2D eigenvalue weighted by Gasteiger charge is -2.23. The predicted molar refractivity (Wildman–Crippen MR) is 150 cm³/mol. The van der Waals surface area contributed by atoms with Gasteiger partial charge in [-0.2, -0.15) is 0 Å². The highest BCUT2D eigenvalue weighted by Gasteiger charge is 2.25. The number of carbonyl (C=O) groups excluding carboxylic acids is 3. The molecule has 2 rings (SSSR count). The van der Waals surface area contributed by atoms with E-state index in [-0.39, 0.29) is 31.7 Å². The highest BCUT2D eigenvalue weighted by Crippen LogP contribution is 2.24. The van der Waals surface area contributed by atoms with E-state index in [1.165, 1.54) is 0 Å². The van der Waals surface area contributed by atoms with Gasteiger partial charge in [0, 0.05) is 12.5 Å². The Morgan fingerprint density at radius 2 is 1.51 bits per heavy atom. The van der Waals surface area contributed by atoms with Gasteiger partial charge in [0.25, 0.3) is 0 Å². The molecule has 0 aliphatic rings. The molecule has 12 heteroatoms. The van der Waals surface area contributed by atoms with Crippen molar-refractivity contribution >= 4 is 36.3 Å². The number of hydrogen-bond acceptors (Lipinski definition) is 9. The minimum atomic E-state index is -1.15. The van der Waals surface area contributed by atoms with Crippen molar-refractivity contribution in [2.75, 3.05) is 27.4 Å². The van der Waals surface area contributed by atoms with Gasteiger partial charge in [-0.05, 0) is 62.6 Å². The van der Waals surface area contributed by atoms with Gasteiger partial charge in [0.1, 0.15) is 35.5 Å². The van der Waals surface area contributed by atoms with Gasteiger partial charge < -0.3 is 39.4 Å². The maximum absolute atomic E-state index is 12.5. The fraction of sp³-hybridized carbons (Fsp3) is 0.379. The van der Waals surface area contributed by atoms with Crippen molar-refractivity contribution in [3.63, 3.8) is 0 Å². The van der Waals surface area contributed by atoms with Crippen LogP contribution < -0.4 is 24.8 Å². The fourth-order valence-electron chi connectivity index (χ4n) is 3.31. The summed E-state index contributed by atoms with van der Waals surface area (Å²) in [5, 5.41) is 13.8. The van der Waals surface area contributed by atoms with E-state index in [4.69, 9.17) is 28.8 Å². The second-order valence-electron chi connectivity index (χ2n) is 9.67. The summed E-state index contributed by atoms with van der Waals surface area (Å²) < 4.78 is 25.8. The topological polar surface area (TPSA) is 159 Å². The molecular formula is C29H36N2O10. The van der Waals surface area contributed by atoms with Gasteiger partial charge in [-0.1, -0.05) is 24.3 Å². The summed E-state index contributed by atoms with van der Waals surface area (Å²) in [6.45, 7) is 4.66. The van der Waals surface area contributed by atoms with Crippen LogP contribution in [0.3, 0.4) is 0 Å². The van der Waals surface area contributed by atoms with Crippen LogP contribution >= 0.6 is 0 Å². The minimum Gasteiger partial charge on any atom is -0.497 e. The molecule has 0 radical (unpaired) electrons. The third-order valence-corrected chi connectivity index (χ3v) is 5.20. The largest absolute Gasteiger partial charge is 0.513 e. The van der Waals surface area contributed by atoms with Crippen molar-refractivity contribution in [2.24, 2.45) is 0 Å². The summed E-state index contributed by atoms with van der Waals surface area (Å²) in [5.41, 5.74) is 0.938. The number of aliphatic carboxylic acids is 1. The Bertz CT molecular complexity index is 1200. The average Bonchev–Trinajstić information content (AvgIpc) is 2.91. The molecule has 0 saturated heterocycles. The van der Waals surface area contributed by atoms with Crippen molar-refractivity contribution in [2.45, 2.75) is 45.3 Å². The van der Waals surface area contributed by atoms with Crippen LogP contribution in [-0.4, -0.2) is 68.2 Å². The number of methoxy groups -OCH3 is 2. The van der Waals surface area contributed by atoms with E-state index in [9.17, 15) is 19.2 Å². The monoisotopic (exact) mass is 572 g/mol. The number of hydrogen-bond donors (Lipinski definition) is 3. The maximum atomic E-state index is 12.5. The first-order chi connectivity index (χ1) is 19.4. The van der Waals surface area contributed by atoms with Crippen LogP contribution in [0.15, 0.2) is 42.5 Å². The van der Waals surface area contributed by atoms with E-state index in [0.29, 0.717) is 11.5 Å². The van der Waals surface area contributed by atoms with Crippen molar-refractivity contribution in [3.8, 4) is 17.2 Å². The molecule has 1 atom stereocenters. The quantitative estimate of drug-likeness (QED) is 0.137. The van der Waals surface area contributed by atoms with Gasteiger partial charge in [0.15, 0.2) is 0 Å². The van der Waals surface area contributed by atoms with Crippen LogP contribution in [0.1, 0.15) is 44.7 Å². The summed E-state index contributed by atoms with van der Waals surface area (Å²) in [5.74, 6) is -0.177. The number of rotatable bonds is 13. The standard InChI is InChI=1S/C29H36N2O10/c1-29(2,3)41-27(35)31-24(12-13-25(32)33)26(34)30-14-15-39-28(36)40-21-10-8-19(9-11-21)6-7-20-16-22(37-4)18-23(17-20)38-5/h6-11,16-18,24H,12-15H2,1-5H3,(H,30,34)(H,31,35)(H,32,33)/b7-6+. The molecule has 2 aromatic carbocycles. The van der Waals surface area contributed by atoms with Crippen LogP contribution in [0, 0.1) is 0 Å². The fourth-order valence-corrected chi connectivity index (χ4v) is 3.31. The molecule has 0 heterocycles. The zero-order chi connectivity index (χ0) is 30.4. The second-order valence-corrected chi connectivity index (χ2v) is 9.67. The van der Waals surface area contributed by atoms with Crippen molar-refractivity contribution < 1.29 is 48.0 Å². The van der Waals surface area contributed by atoms with E-state index in [1.54, 1.807) is 65.3 Å². The highest BCUT2D eigenvalue weighted by atomic mass is 16.7. The molecule has 0 aliphatic carbocycles. The van der Waals surface area contributed by atoms with Crippen LogP contribution in [0.4, 0.5) is 9.59 Å². The molecule has 2 aromatic rings. The Kier molecular flexibility index (Phi) is 12.5. The van der Waals surface area contributed by atoms with Crippen molar-refractivity contribution in [1.82, 2.24) is 10.6 Å². The van der Waals surface area contributed by atoms with E-state index < -0.39 is 35.8 Å². The first kappa shape index (κ1) is 32.5. The minimum absolute atomic E-state index is 0.0910. The average molecular weight is 573 g/mol. The Labute approximate surface area is 238 Å². The summed E-state index contributed by atoms with van der Waals surface area (Å²) >= 11 is 0. The molecule has 0 saturated carbocycles. The zero-order valence-electron chi connectivity index (χ0n) is 23.7. The molecule has 0 aliphatic heterocycles. The Balaban J connectivity index is 1.81. The van der Waals surface area contributed by atoms with Gasteiger partial charge in [-0.3, -0.25) is 9.59 Å². The molecule has 0 bridgehead atoms. The maximum Gasteiger partial charge on any atom is 0.513 e. The third kappa shape index (κ3) is 12.8. The molecule has 3 N–H and O–H groups in total. The van der Waals surface area contributed by atoms with Crippen LogP contribution in [0.25, 0.3) is 12.2 Å². The van der Waals surface area contributed by atoms with Gasteiger partial charge in [-0.25, -0.2) is 9.59 Å². The van der Waals surface area contributed by atoms with Crippen molar-refractivity contribution in [1.29, 1.82) is 0 Å². The molecule has 1 unspecified atom stereocenters. The van der Waals surface area contributed by atoms with E-state index in [1.807, 2.05) is 24.3 Å². The number of alkyl carbamates (subject to hydrolysis) is 1. The molecule has 0 aromatic heterocycles. The van der Waals surface area contributed by atoms with E-state index in [0.717, 1.165) is 11.1 Å². The molecule has 0 spiro atoms. The summed E-state index contributed by atoms with van der Waals surface area (Å²) in [4.78, 5) is 47.4. The Morgan fingerprint density at radius 3 is 2.07 bits per heavy atom. The number of carboxylic acids is 1. The molecule has 2 amide bonds. The summed E-state index contributed by atoms with van der Waals surface area (Å²) in [6, 6.07) is 11.1. The highest BCUT2D eigenvalue weighted by molar-refractivity contribution is 5.86. The number of benzene rings is 2. The third-order valence-electron chi connectivity index (χ3n) is 5.20. The lowest BCUT2D eigenvalue weighted by atomic mass is 10.1. The van der Waals surface area contributed by atoms with Crippen molar-refractivity contribution in [3.05, 3.63) is 53.6 Å². The Hall–Kier alpha value is -4.74.